The molecule has 4 unspecified atom stereocenters. The Morgan fingerprint density at radius 1 is 1.44 bits per heavy atom. The van der Waals surface area contributed by atoms with E-state index in [0.717, 1.165) is 0 Å². The van der Waals surface area contributed by atoms with Crippen LogP contribution < -0.4 is 11.2 Å². The smallest absolute Gasteiger partial charge is 0.328 e. The molecule has 0 aromatic carbocycles. The highest BCUT2D eigenvalue weighted by Crippen LogP contribution is 2.34. The van der Waals surface area contributed by atoms with E-state index in [4.69, 9.17) is 5.11 Å². The first-order valence-corrected chi connectivity index (χ1v) is 6.51. The van der Waals surface area contributed by atoms with E-state index in [9.17, 15) is 19.8 Å². The second-order valence-electron chi connectivity index (χ2n) is 4.35. The SMILES string of the molecule is O=c1[nH]c(=O)n(C2CC(O)C(CO)C2O)cc1I. The molecule has 100 valence electrons. The van der Waals surface area contributed by atoms with E-state index in [1.807, 2.05) is 0 Å². The van der Waals surface area contributed by atoms with Crippen LogP contribution in [-0.4, -0.2) is 43.7 Å². The number of hydrogen-bond donors (Lipinski definition) is 4. The van der Waals surface area contributed by atoms with Gasteiger partial charge in [-0.2, -0.15) is 0 Å². The van der Waals surface area contributed by atoms with Crippen LogP contribution in [0.4, 0.5) is 0 Å². The minimum Gasteiger partial charge on any atom is -0.396 e. The maximum Gasteiger partial charge on any atom is 0.328 e. The third kappa shape index (κ3) is 2.25. The molecule has 0 amide bonds. The molecule has 0 spiro atoms. The average molecular weight is 368 g/mol. The molecule has 0 bridgehead atoms. The van der Waals surface area contributed by atoms with Crippen molar-refractivity contribution in [1.82, 2.24) is 9.55 Å². The molecule has 1 heterocycles. The van der Waals surface area contributed by atoms with Crippen LogP contribution in [-0.2, 0) is 0 Å². The molecule has 4 N–H and O–H groups in total. The maximum atomic E-state index is 11.7. The molecule has 0 saturated heterocycles. The summed E-state index contributed by atoms with van der Waals surface area (Å²) in [6, 6.07) is -0.644. The summed E-state index contributed by atoms with van der Waals surface area (Å²) in [5.41, 5.74) is -1.11. The lowest BCUT2D eigenvalue weighted by Crippen LogP contribution is -2.37. The van der Waals surface area contributed by atoms with Gasteiger partial charge in [-0.3, -0.25) is 14.3 Å². The quantitative estimate of drug-likeness (QED) is 0.470. The molecule has 1 aromatic heterocycles. The molecule has 18 heavy (non-hydrogen) atoms. The number of aliphatic hydroxyl groups excluding tert-OH is 3. The van der Waals surface area contributed by atoms with Gasteiger partial charge < -0.3 is 15.3 Å². The van der Waals surface area contributed by atoms with Crippen LogP contribution in [0.5, 0.6) is 0 Å². The standard InChI is InChI=1S/C10H13IN2O5/c11-5-2-13(10(18)12-9(5)17)6-1-7(15)4(3-14)8(6)16/h2,4,6-8,14-16H,1,3H2,(H,12,17,18). The maximum absolute atomic E-state index is 11.7. The third-order valence-corrected chi connectivity index (χ3v) is 4.07. The summed E-state index contributed by atoms with van der Waals surface area (Å²) in [5.74, 6) is -0.675. The fourth-order valence-corrected chi connectivity index (χ4v) is 2.72. The number of aliphatic hydroxyl groups is 3. The van der Waals surface area contributed by atoms with Crippen molar-refractivity contribution < 1.29 is 15.3 Å². The van der Waals surface area contributed by atoms with Crippen molar-refractivity contribution in [3.63, 3.8) is 0 Å². The summed E-state index contributed by atoms with van der Waals surface area (Å²) in [6.07, 6.45) is -0.382. The third-order valence-electron chi connectivity index (χ3n) is 3.30. The Morgan fingerprint density at radius 3 is 2.67 bits per heavy atom. The normalized spacial score (nSPS) is 31.8. The average Bonchev–Trinajstić information content (AvgIpc) is 2.59. The van der Waals surface area contributed by atoms with E-state index in [1.165, 1.54) is 10.8 Å². The lowest BCUT2D eigenvalue weighted by molar-refractivity contribution is 0.0206. The van der Waals surface area contributed by atoms with Crippen LogP contribution in [0, 0.1) is 9.49 Å². The van der Waals surface area contributed by atoms with Gasteiger partial charge >= 0.3 is 5.69 Å². The lowest BCUT2D eigenvalue weighted by Gasteiger charge is -2.20. The van der Waals surface area contributed by atoms with E-state index in [-0.39, 0.29) is 13.0 Å². The number of nitrogens with one attached hydrogen (secondary N) is 1. The number of aromatic nitrogens is 2. The topological polar surface area (TPSA) is 116 Å². The van der Waals surface area contributed by atoms with Crippen LogP contribution in [0.1, 0.15) is 12.5 Å². The Bertz CT molecular complexity index is 554. The summed E-state index contributed by atoms with van der Waals surface area (Å²) >= 11 is 1.78. The molecule has 0 radical (unpaired) electrons. The van der Waals surface area contributed by atoms with Crippen molar-refractivity contribution in [2.75, 3.05) is 6.61 Å². The molecule has 1 saturated carbocycles. The van der Waals surface area contributed by atoms with Gasteiger partial charge in [0.2, 0.25) is 0 Å². The van der Waals surface area contributed by atoms with Crippen LogP contribution >= 0.6 is 22.6 Å². The molecule has 7 nitrogen and oxygen atoms in total. The van der Waals surface area contributed by atoms with Gasteiger partial charge in [-0.1, -0.05) is 0 Å². The summed E-state index contributed by atoms with van der Waals surface area (Å²) in [5, 5.41) is 28.8. The van der Waals surface area contributed by atoms with Crippen molar-refractivity contribution in [3.05, 3.63) is 30.6 Å². The van der Waals surface area contributed by atoms with Gasteiger partial charge in [0.05, 0.1) is 28.4 Å². The van der Waals surface area contributed by atoms with E-state index >= 15 is 0 Å². The number of H-pyrrole nitrogens is 1. The van der Waals surface area contributed by atoms with E-state index in [1.54, 1.807) is 22.6 Å². The van der Waals surface area contributed by atoms with Gasteiger partial charge in [-0.25, -0.2) is 4.79 Å². The second-order valence-corrected chi connectivity index (χ2v) is 5.51. The fraction of sp³-hybridized carbons (Fsp3) is 0.600. The van der Waals surface area contributed by atoms with Gasteiger partial charge in [-0.05, 0) is 29.0 Å². The molecule has 1 aliphatic carbocycles. The molecule has 1 fully saturated rings. The molecule has 4 atom stereocenters. The van der Waals surface area contributed by atoms with E-state index < -0.39 is 35.4 Å². The Balaban J connectivity index is 2.42. The molecule has 1 aromatic rings. The highest BCUT2D eigenvalue weighted by molar-refractivity contribution is 14.1. The van der Waals surface area contributed by atoms with Crippen LogP contribution in [0.25, 0.3) is 0 Å². The van der Waals surface area contributed by atoms with Gasteiger partial charge in [0.1, 0.15) is 0 Å². The Hall–Kier alpha value is -0.710. The van der Waals surface area contributed by atoms with Gasteiger partial charge in [-0.15, -0.1) is 0 Å². The summed E-state index contributed by atoms with van der Waals surface area (Å²) in [7, 11) is 0. The zero-order valence-electron chi connectivity index (χ0n) is 9.28. The monoisotopic (exact) mass is 368 g/mol. The van der Waals surface area contributed by atoms with E-state index in [2.05, 4.69) is 4.98 Å². The Morgan fingerprint density at radius 2 is 2.11 bits per heavy atom. The molecule has 2 rings (SSSR count). The fourth-order valence-electron chi connectivity index (χ4n) is 2.29. The number of halogens is 1. The van der Waals surface area contributed by atoms with Crippen LogP contribution in [0.15, 0.2) is 15.8 Å². The molecule has 8 heteroatoms. The van der Waals surface area contributed by atoms with Crippen molar-refractivity contribution in [2.24, 2.45) is 5.92 Å². The number of nitrogens with zero attached hydrogens (tertiary/aromatic N) is 1. The zero-order valence-corrected chi connectivity index (χ0v) is 11.4. The van der Waals surface area contributed by atoms with Crippen LogP contribution in [0.2, 0.25) is 0 Å². The van der Waals surface area contributed by atoms with Crippen molar-refractivity contribution in [2.45, 2.75) is 24.7 Å². The largest absolute Gasteiger partial charge is 0.396 e. The summed E-state index contributed by atoms with van der Waals surface area (Å²) < 4.78 is 1.52. The summed E-state index contributed by atoms with van der Waals surface area (Å²) in [6.45, 7) is -0.353. The minimum absolute atomic E-state index is 0.161. The lowest BCUT2D eigenvalue weighted by atomic mass is 10.0. The summed E-state index contributed by atoms with van der Waals surface area (Å²) in [4.78, 5) is 25.1. The Kier molecular flexibility index (Phi) is 3.90. The predicted octanol–water partition coefficient (Wildman–Crippen LogP) is -1.58. The molecule has 0 aliphatic heterocycles. The van der Waals surface area contributed by atoms with Gasteiger partial charge in [0, 0.05) is 12.1 Å². The first kappa shape index (κ1) is 13.7. The first-order valence-electron chi connectivity index (χ1n) is 5.43. The number of hydrogen-bond acceptors (Lipinski definition) is 5. The van der Waals surface area contributed by atoms with Crippen molar-refractivity contribution in [1.29, 1.82) is 0 Å². The van der Waals surface area contributed by atoms with Crippen molar-refractivity contribution >= 4 is 22.6 Å². The second kappa shape index (κ2) is 5.11. The zero-order chi connectivity index (χ0) is 13.4. The highest BCUT2D eigenvalue weighted by atomic mass is 127. The molecule has 1 aliphatic rings. The number of rotatable bonds is 2. The predicted molar refractivity (Wildman–Crippen MR) is 70.3 cm³/mol. The molecular weight excluding hydrogens is 355 g/mol. The highest BCUT2D eigenvalue weighted by Gasteiger charge is 2.42. The molecular formula is C10H13IN2O5. The minimum atomic E-state index is -1.02. The number of aromatic amines is 1. The Labute approximate surface area is 115 Å². The first-order chi connectivity index (χ1) is 8.45. The van der Waals surface area contributed by atoms with Gasteiger partial charge in [0.15, 0.2) is 0 Å². The van der Waals surface area contributed by atoms with Gasteiger partial charge in [0.25, 0.3) is 5.56 Å². The van der Waals surface area contributed by atoms with Crippen LogP contribution in [0.3, 0.4) is 0 Å². The van der Waals surface area contributed by atoms with Crippen molar-refractivity contribution in [3.8, 4) is 0 Å². The van der Waals surface area contributed by atoms with E-state index in [0.29, 0.717) is 3.57 Å².